The third-order valence-corrected chi connectivity index (χ3v) is 5.31. The van der Waals surface area contributed by atoms with E-state index in [9.17, 15) is 22.8 Å². The number of rotatable bonds is 4. The number of nitrogens with zero attached hydrogens (tertiary/aromatic N) is 1. The molecular weight excluding hydrogens is 335 g/mol. The summed E-state index contributed by atoms with van der Waals surface area (Å²) in [4.78, 5) is 11.6. The first-order chi connectivity index (χ1) is 11.4. The maximum atomic E-state index is 12.9. The van der Waals surface area contributed by atoms with Gasteiger partial charge in [-0.3, -0.25) is 10.0 Å². The lowest BCUT2D eigenvalue weighted by Crippen LogP contribution is -2.40. The Labute approximate surface area is 138 Å². The maximum absolute atomic E-state index is 12.9. The van der Waals surface area contributed by atoms with Gasteiger partial charge in [0, 0.05) is 0 Å². The lowest BCUT2D eigenvalue weighted by atomic mass is 10.1. The van der Waals surface area contributed by atoms with Crippen molar-refractivity contribution in [2.45, 2.75) is 17.4 Å². The predicted molar refractivity (Wildman–Crippen MR) is 84.1 cm³/mol. The molecule has 0 spiro atoms. The second kappa shape index (κ2) is 6.31. The molecule has 0 aromatic heterocycles. The van der Waals surface area contributed by atoms with Gasteiger partial charge in [0.15, 0.2) is 0 Å². The van der Waals surface area contributed by atoms with Crippen molar-refractivity contribution in [3.8, 4) is 11.1 Å². The highest BCUT2D eigenvalue weighted by Gasteiger charge is 2.34. The van der Waals surface area contributed by atoms with E-state index in [2.05, 4.69) is 4.72 Å². The number of carbonyl (C=O) groups excluding carboxylic acids is 1. The Kier molecular flexibility index (Phi) is 4.35. The summed E-state index contributed by atoms with van der Waals surface area (Å²) in [7, 11) is -3.87. The van der Waals surface area contributed by atoms with Crippen LogP contribution in [0.4, 0.5) is 4.39 Å². The standard InChI is InChI=1S/C16H15FN2O4S/c17-13-5-1-11(2-6-13)12-3-7-14(8-4-12)24(22,23)18-15-9-10-19(21)16(15)20/h1-8,15,18,21H,9-10H2/t15-/m1/s1. The van der Waals surface area contributed by atoms with Gasteiger partial charge in [0.1, 0.15) is 11.9 Å². The van der Waals surface area contributed by atoms with Gasteiger partial charge in [-0.1, -0.05) is 24.3 Å². The molecule has 0 aliphatic carbocycles. The van der Waals surface area contributed by atoms with Crippen molar-refractivity contribution >= 4 is 15.9 Å². The van der Waals surface area contributed by atoms with Crippen LogP contribution >= 0.6 is 0 Å². The Balaban J connectivity index is 1.79. The lowest BCUT2D eigenvalue weighted by molar-refractivity contribution is -0.158. The molecule has 2 N–H and O–H groups in total. The number of hydrogen-bond acceptors (Lipinski definition) is 4. The van der Waals surface area contributed by atoms with E-state index in [0.717, 1.165) is 11.1 Å². The lowest BCUT2D eigenvalue weighted by Gasteiger charge is -2.12. The zero-order valence-electron chi connectivity index (χ0n) is 12.5. The summed E-state index contributed by atoms with van der Waals surface area (Å²) < 4.78 is 39.9. The summed E-state index contributed by atoms with van der Waals surface area (Å²) in [5, 5.41) is 9.74. The summed E-state index contributed by atoms with van der Waals surface area (Å²) in [5.74, 6) is -1.01. The number of hydrogen-bond donors (Lipinski definition) is 2. The molecule has 1 aliphatic heterocycles. The van der Waals surface area contributed by atoms with Gasteiger partial charge in [-0.2, -0.15) is 4.72 Å². The van der Waals surface area contributed by atoms with Crippen molar-refractivity contribution in [2.24, 2.45) is 0 Å². The molecule has 8 heteroatoms. The predicted octanol–water partition coefficient (Wildman–Crippen LogP) is 1.76. The van der Waals surface area contributed by atoms with E-state index in [0.29, 0.717) is 5.06 Å². The third-order valence-electron chi connectivity index (χ3n) is 3.82. The van der Waals surface area contributed by atoms with Gasteiger partial charge in [0.25, 0.3) is 5.91 Å². The van der Waals surface area contributed by atoms with Crippen molar-refractivity contribution in [1.82, 2.24) is 9.79 Å². The summed E-state index contributed by atoms with van der Waals surface area (Å²) in [6.07, 6.45) is 0.211. The number of sulfonamides is 1. The Morgan fingerprint density at radius 1 is 1.04 bits per heavy atom. The molecule has 1 heterocycles. The molecule has 1 saturated heterocycles. The zero-order valence-corrected chi connectivity index (χ0v) is 13.3. The summed E-state index contributed by atoms with van der Waals surface area (Å²) >= 11 is 0. The Hall–Kier alpha value is -2.29. The smallest absolute Gasteiger partial charge is 0.264 e. The third kappa shape index (κ3) is 3.30. The monoisotopic (exact) mass is 350 g/mol. The highest BCUT2D eigenvalue weighted by molar-refractivity contribution is 7.89. The van der Waals surface area contributed by atoms with Crippen LogP contribution in [0.25, 0.3) is 11.1 Å². The molecule has 1 amide bonds. The minimum absolute atomic E-state index is 0.0116. The number of benzene rings is 2. The van der Waals surface area contributed by atoms with Crippen LogP contribution in [0.3, 0.4) is 0 Å². The fourth-order valence-electron chi connectivity index (χ4n) is 2.50. The van der Waals surface area contributed by atoms with Gasteiger partial charge < -0.3 is 0 Å². The number of hydroxylamine groups is 2. The van der Waals surface area contributed by atoms with Crippen molar-refractivity contribution < 1.29 is 22.8 Å². The Morgan fingerprint density at radius 2 is 1.58 bits per heavy atom. The molecule has 126 valence electrons. The quantitative estimate of drug-likeness (QED) is 0.823. The van der Waals surface area contributed by atoms with Gasteiger partial charge in [-0.05, 0) is 41.8 Å². The molecular formula is C16H15FN2O4S. The minimum Gasteiger partial charge on any atom is -0.286 e. The number of amides is 1. The molecule has 2 aromatic rings. The van der Waals surface area contributed by atoms with Gasteiger partial charge in [-0.15, -0.1) is 0 Å². The van der Waals surface area contributed by atoms with Gasteiger partial charge in [-0.25, -0.2) is 17.9 Å². The molecule has 24 heavy (non-hydrogen) atoms. The first-order valence-electron chi connectivity index (χ1n) is 7.25. The molecule has 1 fully saturated rings. The average molecular weight is 350 g/mol. The number of nitrogens with one attached hydrogen (secondary N) is 1. The molecule has 6 nitrogen and oxygen atoms in total. The van der Waals surface area contributed by atoms with E-state index in [1.54, 1.807) is 24.3 Å². The number of halogens is 1. The van der Waals surface area contributed by atoms with Crippen LogP contribution < -0.4 is 4.72 Å². The van der Waals surface area contributed by atoms with Crippen LogP contribution in [-0.2, 0) is 14.8 Å². The summed E-state index contributed by atoms with van der Waals surface area (Å²) in [6, 6.07) is 10.9. The Morgan fingerprint density at radius 3 is 2.08 bits per heavy atom. The van der Waals surface area contributed by atoms with Crippen LogP contribution in [0, 0.1) is 5.82 Å². The largest absolute Gasteiger partial charge is 0.286 e. The first-order valence-corrected chi connectivity index (χ1v) is 8.74. The van der Waals surface area contributed by atoms with E-state index in [-0.39, 0.29) is 23.7 Å². The SMILES string of the molecule is O=C1[C@H](NS(=O)(=O)c2ccc(-c3ccc(F)cc3)cc2)CCN1O. The molecule has 0 bridgehead atoms. The molecule has 0 saturated carbocycles. The summed E-state index contributed by atoms with van der Waals surface area (Å²) in [6.45, 7) is 0.0928. The maximum Gasteiger partial charge on any atom is 0.264 e. The van der Waals surface area contributed by atoms with Crippen molar-refractivity contribution in [1.29, 1.82) is 0 Å². The normalized spacial score (nSPS) is 18.2. The van der Waals surface area contributed by atoms with Crippen molar-refractivity contribution in [3.63, 3.8) is 0 Å². The van der Waals surface area contributed by atoms with E-state index in [1.807, 2.05) is 0 Å². The zero-order chi connectivity index (χ0) is 17.3. The second-order valence-electron chi connectivity index (χ2n) is 5.46. The van der Waals surface area contributed by atoms with Gasteiger partial charge in [0.2, 0.25) is 10.0 Å². The van der Waals surface area contributed by atoms with Crippen LogP contribution in [-0.4, -0.2) is 37.2 Å². The topological polar surface area (TPSA) is 86.7 Å². The average Bonchev–Trinajstić information content (AvgIpc) is 2.87. The number of carbonyl (C=O) groups is 1. The summed E-state index contributed by atoms with van der Waals surface area (Å²) in [5.41, 5.74) is 1.50. The molecule has 3 rings (SSSR count). The van der Waals surface area contributed by atoms with E-state index in [1.165, 1.54) is 24.3 Å². The van der Waals surface area contributed by atoms with Crippen molar-refractivity contribution in [2.75, 3.05) is 6.54 Å². The van der Waals surface area contributed by atoms with Gasteiger partial charge in [0.05, 0.1) is 11.4 Å². The Bertz CT molecular complexity index is 851. The van der Waals surface area contributed by atoms with Crippen LogP contribution in [0.5, 0.6) is 0 Å². The van der Waals surface area contributed by atoms with Crippen molar-refractivity contribution in [3.05, 3.63) is 54.3 Å². The molecule has 0 unspecified atom stereocenters. The van der Waals surface area contributed by atoms with E-state index in [4.69, 9.17) is 0 Å². The minimum atomic E-state index is -3.87. The van der Waals surface area contributed by atoms with E-state index >= 15 is 0 Å². The second-order valence-corrected chi connectivity index (χ2v) is 7.17. The molecule has 1 atom stereocenters. The first kappa shape index (κ1) is 16.6. The van der Waals surface area contributed by atoms with Crippen LogP contribution in [0.1, 0.15) is 6.42 Å². The molecule has 0 radical (unpaired) electrons. The molecule has 2 aromatic carbocycles. The fraction of sp³-hybridized carbons (Fsp3) is 0.188. The highest BCUT2D eigenvalue weighted by atomic mass is 32.2. The van der Waals surface area contributed by atoms with Crippen LogP contribution in [0.15, 0.2) is 53.4 Å². The van der Waals surface area contributed by atoms with Gasteiger partial charge >= 0.3 is 0 Å². The van der Waals surface area contributed by atoms with Crippen LogP contribution in [0.2, 0.25) is 0 Å². The molecule has 1 aliphatic rings. The van der Waals surface area contributed by atoms with E-state index < -0.39 is 22.0 Å². The fourth-order valence-corrected chi connectivity index (χ4v) is 3.72. The highest BCUT2D eigenvalue weighted by Crippen LogP contribution is 2.22.